The van der Waals surface area contributed by atoms with Crippen LogP contribution in [0.4, 0.5) is 0 Å². The highest BCUT2D eigenvalue weighted by atomic mass is 14.5. The minimum absolute atomic E-state index is 0.0252. The molecule has 0 nitrogen and oxygen atoms in total. The summed E-state index contributed by atoms with van der Waals surface area (Å²) in [5.41, 5.74) is 7.76. The Morgan fingerprint density at radius 3 is 0.886 bits per heavy atom. The Morgan fingerprint density at radius 2 is 0.659 bits per heavy atom. The van der Waals surface area contributed by atoms with E-state index in [9.17, 15) is 0 Å². The lowest BCUT2D eigenvalue weighted by Gasteiger charge is -2.53. The molecule has 1 rings (SSSR count). The highest BCUT2D eigenvalue weighted by molar-refractivity contribution is 5.42. The van der Waals surface area contributed by atoms with Crippen molar-refractivity contribution in [2.45, 2.75) is 187 Å². The highest BCUT2D eigenvalue weighted by Gasteiger charge is 2.49. The molecular formula is C44H78. The van der Waals surface area contributed by atoms with Gasteiger partial charge in [-0.1, -0.05) is 161 Å². The molecule has 0 saturated carbocycles. The Morgan fingerprint density at radius 1 is 0.409 bits per heavy atom. The third-order valence-electron chi connectivity index (χ3n) is 13.5. The van der Waals surface area contributed by atoms with Crippen molar-refractivity contribution in [3.63, 3.8) is 0 Å². The first-order chi connectivity index (χ1) is 19.1. The van der Waals surface area contributed by atoms with Gasteiger partial charge in [0.05, 0.1) is 0 Å². The Kier molecular flexibility index (Phi) is 11.5. The molecule has 0 radical (unpaired) electrons. The average Bonchev–Trinajstić information content (AvgIpc) is 2.74. The van der Waals surface area contributed by atoms with Crippen LogP contribution in [0.15, 0.2) is 42.5 Å². The molecule has 0 unspecified atom stereocenters. The van der Waals surface area contributed by atoms with Crippen LogP contribution in [-0.4, -0.2) is 0 Å². The number of benzene rings is 1. The van der Waals surface area contributed by atoms with Gasteiger partial charge in [-0.15, -0.1) is 13.2 Å². The normalized spacial score (nSPS) is 15.0. The molecule has 1 aromatic rings. The van der Waals surface area contributed by atoms with E-state index in [-0.39, 0.29) is 48.7 Å². The van der Waals surface area contributed by atoms with Crippen LogP contribution in [0.3, 0.4) is 0 Å². The molecule has 1 aromatic carbocycles. The molecular weight excluding hydrogens is 528 g/mol. The smallest absolute Gasteiger partial charge is 0.00520 e. The van der Waals surface area contributed by atoms with Gasteiger partial charge in [-0.2, -0.15) is 0 Å². The maximum atomic E-state index is 4.28. The van der Waals surface area contributed by atoms with Crippen LogP contribution in [0.1, 0.15) is 188 Å². The summed E-state index contributed by atoms with van der Waals surface area (Å²) in [6, 6.07) is 7.68. The van der Waals surface area contributed by atoms with Crippen molar-refractivity contribution in [3.05, 3.63) is 59.2 Å². The molecule has 0 saturated heterocycles. The van der Waals surface area contributed by atoms with Crippen molar-refractivity contribution in [1.29, 1.82) is 0 Å². The first-order valence-corrected chi connectivity index (χ1v) is 17.5. The Balaban J connectivity index is 3.81. The molecule has 0 heterocycles. The van der Waals surface area contributed by atoms with E-state index < -0.39 is 0 Å². The third kappa shape index (κ3) is 8.53. The molecule has 0 aromatic heterocycles. The van der Waals surface area contributed by atoms with Crippen molar-refractivity contribution in [3.8, 4) is 0 Å². The average molecular weight is 607 g/mol. The molecule has 0 spiro atoms. The van der Waals surface area contributed by atoms with Crippen molar-refractivity contribution < 1.29 is 0 Å². The van der Waals surface area contributed by atoms with Crippen LogP contribution in [-0.2, 0) is 16.2 Å². The number of rotatable bonds is 14. The minimum atomic E-state index is -0.0252. The van der Waals surface area contributed by atoms with Crippen molar-refractivity contribution in [2.75, 3.05) is 0 Å². The molecule has 0 atom stereocenters. The summed E-state index contributed by atoms with van der Waals surface area (Å²) in [5, 5.41) is 0. The van der Waals surface area contributed by atoms with E-state index in [0.717, 1.165) is 25.7 Å². The second kappa shape index (κ2) is 12.4. The number of allylic oxidation sites excluding steroid dienone is 2. The van der Waals surface area contributed by atoms with Gasteiger partial charge in [0.1, 0.15) is 0 Å². The summed E-state index contributed by atoms with van der Waals surface area (Å²) in [5.74, 6) is 0. The van der Waals surface area contributed by atoms with Crippen LogP contribution < -0.4 is 0 Å². The topological polar surface area (TPSA) is 0 Å². The van der Waals surface area contributed by atoms with E-state index in [1.807, 2.05) is 0 Å². The molecule has 0 aliphatic carbocycles. The van der Waals surface area contributed by atoms with Gasteiger partial charge >= 0.3 is 0 Å². The van der Waals surface area contributed by atoms with Gasteiger partial charge in [-0.3, -0.25) is 0 Å². The fourth-order valence-corrected chi connectivity index (χ4v) is 7.68. The standard InChI is InChI=1S/C44H78/c1-31(2)27-37(8,9)39(12,13)29-41(16,17)43(20,21)34-24-33(36(5,6)7)25-35(26-34)44(22,23)42(18,19)30-40(14,15)38(10,11)28-32(3)4/h24-26H,1,3,27-30H2,2,4-23H3. The predicted molar refractivity (Wildman–Crippen MR) is 202 cm³/mol. The van der Waals surface area contributed by atoms with Gasteiger partial charge in [0, 0.05) is 0 Å². The SMILES string of the molecule is C=C(C)CC(C)(C)C(C)(C)CC(C)(C)C(C)(C)c1cc(C(C)(C)C)cc(C(C)(C)C(C)(C)CC(C)(C)C(C)(C)CC(=C)C)c1. The molecule has 44 heavy (non-hydrogen) atoms. The van der Waals surface area contributed by atoms with E-state index in [4.69, 9.17) is 0 Å². The molecule has 254 valence electrons. The van der Waals surface area contributed by atoms with Crippen molar-refractivity contribution in [1.82, 2.24) is 0 Å². The Labute approximate surface area is 278 Å². The zero-order chi connectivity index (χ0) is 35.3. The van der Waals surface area contributed by atoms with Gasteiger partial charge in [0.2, 0.25) is 0 Å². The van der Waals surface area contributed by atoms with E-state index in [0.29, 0.717) is 0 Å². The first-order valence-electron chi connectivity index (χ1n) is 17.5. The molecule has 0 aliphatic heterocycles. The Bertz CT molecular complexity index is 1090. The van der Waals surface area contributed by atoms with Gasteiger partial charge in [0.25, 0.3) is 0 Å². The van der Waals surface area contributed by atoms with E-state index >= 15 is 0 Å². The fraction of sp³-hybridized carbons (Fsp3) is 0.773. The first kappa shape index (κ1) is 40.7. The summed E-state index contributed by atoms with van der Waals surface area (Å²) >= 11 is 0. The fourth-order valence-electron chi connectivity index (χ4n) is 7.68. The van der Waals surface area contributed by atoms with Crippen LogP contribution in [0.5, 0.6) is 0 Å². The van der Waals surface area contributed by atoms with E-state index in [2.05, 4.69) is 177 Å². The summed E-state index contributed by atoms with van der Waals surface area (Å²) in [6.07, 6.45) is 4.40. The van der Waals surface area contributed by atoms with Crippen molar-refractivity contribution in [2.24, 2.45) is 32.5 Å². The summed E-state index contributed by atoms with van der Waals surface area (Å²) in [4.78, 5) is 0. The van der Waals surface area contributed by atoms with Gasteiger partial charge in [-0.25, -0.2) is 0 Å². The highest BCUT2D eigenvalue weighted by Crippen LogP contribution is 2.57. The zero-order valence-electron chi connectivity index (χ0n) is 34.0. The lowest BCUT2D eigenvalue weighted by atomic mass is 9.52. The van der Waals surface area contributed by atoms with Crippen molar-refractivity contribution >= 4 is 0 Å². The summed E-state index contributed by atoms with van der Waals surface area (Å²) in [7, 11) is 0. The van der Waals surface area contributed by atoms with E-state index in [1.54, 1.807) is 0 Å². The number of hydrogen-bond acceptors (Lipinski definition) is 0. The van der Waals surface area contributed by atoms with Gasteiger partial charge < -0.3 is 0 Å². The summed E-state index contributed by atoms with van der Waals surface area (Å²) < 4.78 is 0. The van der Waals surface area contributed by atoms with Gasteiger partial charge in [-0.05, 0) is 105 Å². The minimum Gasteiger partial charge on any atom is -0.100 e. The molecule has 0 bridgehead atoms. The second-order valence-electron chi connectivity index (χ2n) is 21.2. The van der Waals surface area contributed by atoms with Crippen LogP contribution in [0, 0.1) is 32.5 Å². The lowest BCUT2D eigenvalue weighted by Crippen LogP contribution is -2.45. The molecule has 0 N–H and O–H groups in total. The summed E-state index contributed by atoms with van der Waals surface area (Å²) in [6.45, 7) is 59.7. The molecule has 0 amide bonds. The lowest BCUT2D eigenvalue weighted by molar-refractivity contribution is 0.0210. The largest absolute Gasteiger partial charge is 0.100 e. The molecule has 0 heteroatoms. The predicted octanol–water partition coefficient (Wildman–Crippen LogP) is 14.4. The number of hydrogen-bond donors (Lipinski definition) is 0. The van der Waals surface area contributed by atoms with Crippen LogP contribution in [0.25, 0.3) is 0 Å². The van der Waals surface area contributed by atoms with E-state index in [1.165, 1.54) is 27.8 Å². The van der Waals surface area contributed by atoms with Crippen LogP contribution in [0.2, 0.25) is 0 Å². The van der Waals surface area contributed by atoms with Crippen LogP contribution >= 0.6 is 0 Å². The third-order valence-corrected chi connectivity index (χ3v) is 13.5. The maximum Gasteiger partial charge on any atom is -0.00520 e. The zero-order valence-corrected chi connectivity index (χ0v) is 34.0. The van der Waals surface area contributed by atoms with Gasteiger partial charge in [0.15, 0.2) is 0 Å². The Hall–Kier alpha value is -1.30. The molecule has 0 aliphatic rings. The molecule has 0 fully saturated rings. The second-order valence-corrected chi connectivity index (χ2v) is 21.2. The monoisotopic (exact) mass is 607 g/mol. The maximum absolute atomic E-state index is 4.28. The quantitative estimate of drug-likeness (QED) is 0.185.